The summed E-state index contributed by atoms with van der Waals surface area (Å²) in [6.45, 7) is 4.39. The molecule has 0 bridgehead atoms. The second kappa shape index (κ2) is 14.7. The van der Waals surface area contributed by atoms with Crippen LogP contribution in [0.2, 0.25) is 0 Å². The predicted molar refractivity (Wildman–Crippen MR) is 112 cm³/mol. The molecular weight excluding hydrogens is 378 g/mol. The van der Waals surface area contributed by atoms with Gasteiger partial charge in [0.15, 0.2) is 0 Å². The van der Waals surface area contributed by atoms with Crippen LogP contribution in [0.5, 0.6) is 0 Å². The highest BCUT2D eigenvalue weighted by Gasteiger charge is 2.31. The van der Waals surface area contributed by atoms with Crippen LogP contribution in [0.3, 0.4) is 0 Å². The Bertz CT molecular complexity index is 485. The van der Waals surface area contributed by atoms with Gasteiger partial charge in [0.05, 0.1) is 18.2 Å². The van der Waals surface area contributed by atoms with Gasteiger partial charge in [-0.2, -0.15) is 0 Å². The third-order valence-corrected chi connectivity index (χ3v) is 6.31. The molecule has 1 heterocycles. The average molecular weight is 416 g/mol. The van der Waals surface area contributed by atoms with Crippen LogP contribution in [-0.2, 0) is 23.9 Å². The van der Waals surface area contributed by atoms with Crippen molar-refractivity contribution >= 4 is 29.6 Å². The first-order chi connectivity index (χ1) is 13.5. The maximum Gasteiger partial charge on any atom is 0.305 e. The van der Waals surface area contributed by atoms with Crippen molar-refractivity contribution in [2.45, 2.75) is 96.0 Å². The Labute approximate surface area is 174 Å². The zero-order valence-corrected chi connectivity index (χ0v) is 18.6. The first-order valence-corrected chi connectivity index (χ1v) is 11.7. The number of thioether (sulfide) groups is 1. The van der Waals surface area contributed by atoms with Crippen molar-refractivity contribution in [3.63, 3.8) is 0 Å². The fourth-order valence-corrected chi connectivity index (χ4v) is 4.67. The largest absolute Gasteiger partial charge is 0.469 e. The number of nitrogens with zero attached hydrogens (tertiary/aromatic N) is 1. The first-order valence-electron chi connectivity index (χ1n) is 10.6. The summed E-state index contributed by atoms with van der Waals surface area (Å²) in [5, 5.41) is 0.187. The zero-order valence-electron chi connectivity index (χ0n) is 17.7. The highest BCUT2D eigenvalue weighted by atomic mass is 32.2. The molecule has 7 heteroatoms. The maximum absolute atomic E-state index is 12.2. The van der Waals surface area contributed by atoms with E-state index in [1.54, 1.807) is 11.8 Å². The number of esters is 2. The number of rotatable bonds is 15. The number of carbonyl (C=O) groups excluding carboxylic acids is 3. The summed E-state index contributed by atoms with van der Waals surface area (Å²) in [6, 6.07) is 0. The number of amides is 1. The van der Waals surface area contributed by atoms with Crippen LogP contribution in [0.15, 0.2) is 0 Å². The molecule has 1 saturated heterocycles. The molecule has 1 aliphatic rings. The van der Waals surface area contributed by atoms with Gasteiger partial charge in [0, 0.05) is 19.9 Å². The molecule has 0 aromatic rings. The molecule has 0 aromatic carbocycles. The van der Waals surface area contributed by atoms with Gasteiger partial charge in [0.2, 0.25) is 5.91 Å². The molecule has 6 nitrogen and oxygen atoms in total. The first kappa shape index (κ1) is 24.8. The topological polar surface area (TPSA) is 72.9 Å². The van der Waals surface area contributed by atoms with Crippen molar-refractivity contribution in [3.8, 4) is 0 Å². The highest BCUT2D eigenvalue weighted by Crippen LogP contribution is 2.30. The van der Waals surface area contributed by atoms with Gasteiger partial charge in [-0.25, -0.2) is 0 Å². The van der Waals surface area contributed by atoms with Crippen molar-refractivity contribution < 1.29 is 23.9 Å². The number of unbranched alkanes of at least 4 members (excludes halogenated alkanes) is 5. The van der Waals surface area contributed by atoms with Crippen molar-refractivity contribution in [2.24, 2.45) is 0 Å². The minimum Gasteiger partial charge on any atom is -0.469 e. The van der Waals surface area contributed by atoms with E-state index in [4.69, 9.17) is 4.74 Å². The summed E-state index contributed by atoms with van der Waals surface area (Å²) in [5.74, 6) is 0.369. The molecule has 28 heavy (non-hydrogen) atoms. The van der Waals surface area contributed by atoms with Crippen LogP contribution in [0.4, 0.5) is 0 Å². The molecule has 0 spiro atoms. The molecule has 1 rings (SSSR count). The van der Waals surface area contributed by atoms with Crippen LogP contribution >= 0.6 is 11.8 Å². The smallest absolute Gasteiger partial charge is 0.305 e. The van der Waals surface area contributed by atoms with E-state index in [2.05, 4.69) is 11.7 Å². The average Bonchev–Trinajstić information content (AvgIpc) is 3.01. The predicted octanol–water partition coefficient (Wildman–Crippen LogP) is 4.30. The fraction of sp³-hybridized carbons (Fsp3) is 0.857. The number of carbonyl (C=O) groups is 3. The Morgan fingerprint density at radius 1 is 1.14 bits per heavy atom. The summed E-state index contributed by atoms with van der Waals surface area (Å²) in [5.41, 5.74) is 0. The van der Waals surface area contributed by atoms with E-state index in [-0.39, 0.29) is 29.3 Å². The number of hydrogen-bond donors (Lipinski definition) is 0. The molecule has 0 aromatic heterocycles. The van der Waals surface area contributed by atoms with E-state index in [1.165, 1.54) is 14.0 Å². The molecule has 2 unspecified atom stereocenters. The van der Waals surface area contributed by atoms with Crippen molar-refractivity contribution in [1.82, 2.24) is 4.90 Å². The van der Waals surface area contributed by atoms with Crippen molar-refractivity contribution in [2.75, 3.05) is 19.4 Å². The van der Waals surface area contributed by atoms with Gasteiger partial charge in [-0.05, 0) is 38.5 Å². The van der Waals surface area contributed by atoms with Crippen molar-refractivity contribution in [1.29, 1.82) is 0 Å². The number of hydrogen-bond acceptors (Lipinski definition) is 6. The molecule has 2 atom stereocenters. The lowest BCUT2D eigenvalue weighted by molar-refractivity contribution is -0.147. The van der Waals surface area contributed by atoms with E-state index in [9.17, 15) is 14.4 Å². The Kier molecular flexibility index (Phi) is 13.0. The second-order valence-corrected chi connectivity index (χ2v) is 8.56. The van der Waals surface area contributed by atoms with Gasteiger partial charge in [-0.1, -0.05) is 32.6 Å². The number of methoxy groups -OCH3 is 1. The fourth-order valence-electron chi connectivity index (χ4n) is 3.46. The minimum absolute atomic E-state index is 0.0412. The van der Waals surface area contributed by atoms with Gasteiger partial charge in [0.1, 0.15) is 6.10 Å². The summed E-state index contributed by atoms with van der Waals surface area (Å²) < 4.78 is 10.1. The van der Waals surface area contributed by atoms with Crippen LogP contribution < -0.4 is 0 Å². The Balaban J connectivity index is 2.34. The molecule has 0 saturated carbocycles. The summed E-state index contributed by atoms with van der Waals surface area (Å²) >= 11 is 1.70. The van der Waals surface area contributed by atoms with Gasteiger partial charge < -0.3 is 14.4 Å². The molecular formula is C21H37NO5S. The second-order valence-electron chi connectivity index (χ2n) is 7.40. The molecule has 1 aliphatic heterocycles. The minimum atomic E-state index is -0.222. The molecule has 1 fully saturated rings. The van der Waals surface area contributed by atoms with E-state index >= 15 is 0 Å². The van der Waals surface area contributed by atoms with E-state index in [0.29, 0.717) is 12.2 Å². The van der Waals surface area contributed by atoms with Gasteiger partial charge in [-0.15, -0.1) is 11.8 Å². The quantitative estimate of drug-likeness (QED) is 0.293. The monoisotopic (exact) mass is 415 g/mol. The maximum atomic E-state index is 12.2. The molecule has 0 aliphatic carbocycles. The summed E-state index contributed by atoms with van der Waals surface area (Å²) in [6.07, 6.45) is 10.1. The Morgan fingerprint density at radius 3 is 2.57 bits per heavy atom. The van der Waals surface area contributed by atoms with Crippen LogP contribution in [0, 0.1) is 0 Å². The number of ether oxygens (including phenoxy) is 2. The third-order valence-electron chi connectivity index (χ3n) is 5.02. The van der Waals surface area contributed by atoms with Crippen LogP contribution in [0.25, 0.3) is 0 Å². The van der Waals surface area contributed by atoms with E-state index < -0.39 is 0 Å². The van der Waals surface area contributed by atoms with E-state index in [1.807, 2.05) is 4.90 Å². The molecule has 162 valence electrons. The third kappa shape index (κ3) is 10.3. The van der Waals surface area contributed by atoms with Gasteiger partial charge in [-0.3, -0.25) is 14.4 Å². The zero-order chi connectivity index (χ0) is 20.8. The Hall–Kier alpha value is -1.24. The van der Waals surface area contributed by atoms with Crippen molar-refractivity contribution in [3.05, 3.63) is 0 Å². The van der Waals surface area contributed by atoms with E-state index in [0.717, 1.165) is 70.8 Å². The highest BCUT2D eigenvalue weighted by molar-refractivity contribution is 8.00. The lowest BCUT2D eigenvalue weighted by Gasteiger charge is -2.26. The standard InChI is InChI=1S/C21H37NO5S/c1-4-5-8-11-18(27-17(2)23)13-14-20-22(19(24)16-28-20)15-10-7-6-9-12-21(25)26-3/h18,20H,4-16H2,1-3H3. The molecule has 0 radical (unpaired) electrons. The normalized spacial score (nSPS) is 17.6. The van der Waals surface area contributed by atoms with Gasteiger partial charge in [0.25, 0.3) is 0 Å². The SMILES string of the molecule is CCCCCC(CCC1SCC(=O)N1CCCCCCC(=O)OC)OC(C)=O. The molecule has 1 amide bonds. The Morgan fingerprint density at radius 2 is 1.89 bits per heavy atom. The lowest BCUT2D eigenvalue weighted by atomic mass is 10.1. The summed E-state index contributed by atoms with van der Waals surface area (Å²) in [4.78, 5) is 36.7. The van der Waals surface area contributed by atoms with Crippen LogP contribution in [-0.4, -0.2) is 53.6 Å². The lowest BCUT2D eigenvalue weighted by Crippen LogP contribution is -2.34. The summed E-state index contributed by atoms with van der Waals surface area (Å²) in [7, 11) is 1.41. The van der Waals surface area contributed by atoms with Crippen LogP contribution in [0.1, 0.15) is 84.5 Å². The molecule has 0 N–H and O–H groups in total. The van der Waals surface area contributed by atoms with Gasteiger partial charge >= 0.3 is 11.9 Å².